The van der Waals surface area contributed by atoms with Crippen molar-refractivity contribution in [3.05, 3.63) is 34.1 Å². The Morgan fingerprint density at radius 3 is 2.62 bits per heavy atom. The van der Waals surface area contributed by atoms with E-state index in [1.54, 1.807) is 26.0 Å². The first-order valence-corrected chi connectivity index (χ1v) is 4.60. The molecule has 0 spiro atoms. The fourth-order valence-electron chi connectivity index (χ4n) is 1.03. The van der Waals surface area contributed by atoms with E-state index in [0.717, 1.165) is 0 Å². The molecule has 0 aliphatic carbocycles. The van der Waals surface area contributed by atoms with Crippen LogP contribution in [-0.4, -0.2) is 0 Å². The SMILES string of the molecule is CC(C)(ON)c1cccc(F)c1Br. The first kappa shape index (κ1) is 10.6. The summed E-state index contributed by atoms with van der Waals surface area (Å²) in [6.45, 7) is 3.54. The third kappa shape index (κ3) is 2.07. The number of hydrogen-bond donors (Lipinski definition) is 1. The maximum absolute atomic E-state index is 13.1. The van der Waals surface area contributed by atoms with Crippen LogP contribution in [0.3, 0.4) is 0 Å². The molecule has 0 saturated carbocycles. The van der Waals surface area contributed by atoms with Crippen molar-refractivity contribution >= 4 is 15.9 Å². The molecule has 0 unspecified atom stereocenters. The minimum absolute atomic E-state index is 0.317. The van der Waals surface area contributed by atoms with Crippen molar-refractivity contribution in [2.45, 2.75) is 19.4 Å². The zero-order valence-corrected chi connectivity index (χ0v) is 9.06. The zero-order valence-electron chi connectivity index (χ0n) is 7.47. The van der Waals surface area contributed by atoms with Crippen LogP contribution in [0, 0.1) is 5.82 Å². The molecular formula is C9H11BrFNO. The van der Waals surface area contributed by atoms with Crippen molar-refractivity contribution < 1.29 is 9.23 Å². The molecule has 0 saturated heterocycles. The van der Waals surface area contributed by atoms with Crippen LogP contribution in [0.25, 0.3) is 0 Å². The van der Waals surface area contributed by atoms with Gasteiger partial charge < -0.3 is 0 Å². The molecule has 4 heteroatoms. The summed E-state index contributed by atoms with van der Waals surface area (Å²) < 4.78 is 13.5. The minimum Gasteiger partial charge on any atom is -0.294 e. The second-order valence-electron chi connectivity index (χ2n) is 3.23. The van der Waals surface area contributed by atoms with Crippen molar-refractivity contribution in [3.8, 4) is 0 Å². The van der Waals surface area contributed by atoms with Crippen molar-refractivity contribution in [2.75, 3.05) is 0 Å². The maximum atomic E-state index is 13.1. The van der Waals surface area contributed by atoms with Gasteiger partial charge in [-0.3, -0.25) is 4.84 Å². The number of halogens is 2. The van der Waals surface area contributed by atoms with Gasteiger partial charge in [-0.25, -0.2) is 10.3 Å². The predicted octanol–water partition coefficient (Wildman–Crippen LogP) is 2.71. The second kappa shape index (κ2) is 3.74. The van der Waals surface area contributed by atoms with Crippen LogP contribution in [0.5, 0.6) is 0 Å². The molecule has 0 fully saturated rings. The summed E-state index contributed by atoms with van der Waals surface area (Å²) >= 11 is 3.15. The van der Waals surface area contributed by atoms with Crippen LogP contribution in [0.2, 0.25) is 0 Å². The number of hydrogen-bond acceptors (Lipinski definition) is 2. The molecule has 0 bridgehead atoms. The van der Waals surface area contributed by atoms with E-state index in [1.807, 2.05) is 0 Å². The smallest absolute Gasteiger partial charge is 0.137 e. The minimum atomic E-state index is -0.694. The van der Waals surface area contributed by atoms with Gasteiger partial charge in [0.15, 0.2) is 0 Å². The van der Waals surface area contributed by atoms with Crippen LogP contribution in [0.1, 0.15) is 19.4 Å². The highest BCUT2D eigenvalue weighted by Gasteiger charge is 2.24. The average molecular weight is 248 g/mol. The summed E-state index contributed by atoms with van der Waals surface area (Å²) in [7, 11) is 0. The Morgan fingerprint density at radius 2 is 2.08 bits per heavy atom. The summed E-state index contributed by atoms with van der Waals surface area (Å²) in [5.41, 5.74) is -0.00370. The highest BCUT2D eigenvalue weighted by atomic mass is 79.9. The first-order chi connectivity index (χ1) is 5.99. The molecule has 1 aromatic carbocycles. The molecule has 0 aromatic heterocycles. The van der Waals surface area contributed by atoms with E-state index < -0.39 is 5.60 Å². The number of rotatable bonds is 2. The van der Waals surface area contributed by atoms with Crippen molar-refractivity contribution in [3.63, 3.8) is 0 Å². The lowest BCUT2D eigenvalue weighted by Gasteiger charge is -2.23. The molecular weight excluding hydrogens is 237 g/mol. The highest BCUT2D eigenvalue weighted by molar-refractivity contribution is 9.10. The summed E-state index contributed by atoms with van der Waals surface area (Å²) in [5, 5.41) is 0. The summed E-state index contributed by atoms with van der Waals surface area (Å²) in [5.74, 6) is 4.80. The Morgan fingerprint density at radius 1 is 1.46 bits per heavy atom. The molecule has 0 aliphatic rings. The van der Waals surface area contributed by atoms with Crippen LogP contribution < -0.4 is 5.90 Å². The quantitative estimate of drug-likeness (QED) is 0.816. The van der Waals surface area contributed by atoms with E-state index in [2.05, 4.69) is 15.9 Å². The predicted molar refractivity (Wildman–Crippen MR) is 52.4 cm³/mol. The van der Waals surface area contributed by atoms with Crippen molar-refractivity contribution in [1.82, 2.24) is 0 Å². The monoisotopic (exact) mass is 247 g/mol. The molecule has 13 heavy (non-hydrogen) atoms. The fourth-order valence-corrected chi connectivity index (χ4v) is 1.77. The van der Waals surface area contributed by atoms with Crippen molar-refractivity contribution in [1.29, 1.82) is 0 Å². The second-order valence-corrected chi connectivity index (χ2v) is 4.02. The van der Waals surface area contributed by atoms with Crippen molar-refractivity contribution in [2.24, 2.45) is 5.90 Å². The van der Waals surface area contributed by atoms with Gasteiger partial charge in [0.2, 0.25) is 0 Å². The fraction of sp³-hybridized carbons (Fsp3) is 0.333. The molecule has 72 valence electrons. The zero-order chi connectivity index (χ0) is 10.1. The summed E-state index contributed by atoms with van der Waals surface area (Å²) in [6.07, 6.45) is 0. The number of benzene rings is 1. The molecule has 0 aliphatic heterocycles. The van der Waals surface area contributed by atoms with Gasteiger partial charge in [0.05, 0.1) is 4.47 Å². The van der Waals surface area contributed by atoms with Gasteiger partial charge in [0, 0.05) is 5.56 Å². The molecule has 0 radical (unpaired) electrons. The Labute approximate surface area is 85.0 Å². The Bertz CT molecular complexity index is 314. The van der Waals surface area contributed by atoms with Crippen LogP contribution in [0.4, 0.5) is 4.39 Å². The largest absolute Gasteiger partial charge is 0.294 e. The van der Waals surface area contributed by atoms with Gasteiger partial charge in [0.25, 0.3) is 0 Å². The number of nitrogens with two attached hydrogens (primary N) is 1. The third-order valence-corrected chi connectivity index (χ3v) is 2.70. The van der Waals surface area contributed by atoms with Crippen LogP contribution in [-0.2, 0) is 10.4 Å². The van der Waals surface area contributed by atoms with E-state index in [0.29, 0.717) is 10.0 Å². The van der Waals surface area contributed by atoms with Gasteiger partial charge in [0.1, 0.15) is 11.4 Å². The van der Waals surface area contributed by atoms with E-state index in [4.69, 9.17) is 10.7 Å². The normalized spacial score (nSPS) is 11.8. The maximum Gasteiger partial charge on any atom is 0.137 e. The van der Waals surface area contributed by atoms with E-state index in [1.165, 1.54) is 6.07 Å². The van der Waals surface area contributed by atoms with Gasteiger partial charge >= 0.3 is 0 Å². The first-order valence-electron chi connectivity index (χ1n) is 3.81. The Kier molecular flexibility index (Phi) is 3.05. The van der Waals surface area contributed by atoms with E-state index in [-0.39, 0.29) is 5.82 Å². The Balaban J connectivity index is 3.22. The molecule has 1 aromatic rings. The summed E-state index contributed by atoms with van der Waals surface area (Å²) in [4.78, 5) is 4.76. The lowest BCUT2D eigenvalue weighted by molar-refractivity contribution is -0.0243. The van der Waals surface area contributed by atoms with E-state index in [9.17, 15) is 4.39 Å². The van der Waals surface area contributed by atoms with Gasteiger partial charge in [-0.2, -0.15) is 0 Å². The van der Waals surface area contributed by atoms with Crippen LogP contribution in [0.15, 0.2) is 22.7 Å². The van der Waals surface area contributed by atoms with Crippen LogP contribution >= 0.6 is 15.9 Å². The standard InChI is InChI=1S/C9H11BrFNO/c1-9(2,13-12)6-4-3-5-7(11)8(6)10/h3-5H,12H2,1-2H3. The molecule has 0 heterocycles. The topological polar surface area (TPSA) is 35.2 Å². The van der Waals surface area contributed by atoms with Gasteiger partial charge in [-0.05, 0) is 35.8 Å². The average Bonchev–Trinajstić information content (AvgIpc) is 2.09. The molecule has 2 N–H and O–H groups in total. The lowest BCUT2D eigenvalue weighted by Crippen LogP contribution is -2.26. The molecule has 2 nitrogen and oxygen atoms in total. The third-order valence-electron chi connectivity index (χ3n) is 1.89. The van der Waals surface area contributed by atoms with Gasteiger partial charge in [-0.15, -0.1) is 0 Å². The van der Waals surface area contributed by atoms with Gasteiger partial charge in [-0.1, -0.05) is 12.1 Å². The molecule has 0 atom stereocenters. The summed E-state index contributed by atoms with van der Waals surface area (Å²) in [6, 6.07) is 4.76. The molecule has 0 amide bonds. The molecule has 1 rings (SSSR count). The lowest BCUT2D eigenvalue weighted by atomic mass is 9.98. The highest BCUT2D eigenvalue weighted by Crippen LogP contribution is 2.31. The van der Waals surface area contributed by atoms with E-state index >= 15 is 0 Å². The Hall–Kier alpha value is -0.450.